The molecule has 0 radical (unpaired) electrons. The lowest BCUT2D eigenvalue weighted by Gasteiger charge is -2.06. The Morgan fingerprint density at radius 2 is 2.36 bits per heavy atom. The van der Waals surface area contributed by atoms with Crippen LogP contribution in [0.3, 0.4) is 0 Å². The lowest BCUT2D eigenvalue weighted by atomic mass is 10.3. The zero-order chi connectivity index (χ0) is 9.80. The maximum absolute atomic E-state index is 5.69. The molecule has 0 aliphatic carbocycles. The molecule has 0 atom stereocenters. The predicted molar refractivity (Wildman–Crippen MR) is 60.3 cm³/mol. The first kappa shape index (κ1) is 9.02. The highest BCUT2D eigenvalue weighted by molar-refractivity contribution is 7.07. The van der Waals surface area contributed by atoms with Crippen LogP contribution in [0.4, 0.5) is 11.5 Å². The minimum Gasteiger partial charge on any atom is -0.382 e. The van der Waals surface area contributed by atoms with Crippen molar-refractivity contribution in [2.45, 2.75) is 6.54 Å². The molecule has 2 aromatic heterocycles. The first-order chi connectivity index (χ1) is 6.86. The molecule has 2 aromatic rings. The van der Waals surface area contributed by atoms with Crippen molar-refractivity contribution in [2.24, 2.45) is 0 Å². The van der Waals surface area contributed by atoms with Gasteiger partial charge in [0.05, 0.1) is 5.69 Å². The molecule has 72 valence electrons. The van der Waals surface area contributed by atoms with Gasteiger partial charge in [-0.15, -0.1) is 0 Å². The van der Waals surface area contributed by atoms with Crippen LogP contribution >= 0.6 is 11.3 Å². The van der Waals surface area contributed by atoms with Crippen molar-refractivity contribution in [3.8, 4) is 0 Å². The lowest BCUT2D eigenvalue weighted by Crippen LogP contribution is -2.02. The zero-order valence-electron chi connectivity index (χ0n) is 7.60. The quantitative estimate of drug-likeness (QED) is 0.808. The standard InChI is InChI=1S/C10H11N3S/c11-10-9(2-1-4-12-10)13-6-8-3-5-14-7-8/h1-5,7,13H,6H2,(H2,11,12). The van der Waals surface area contributed by atoms with E-state index in [2.05, 4.69) is 27.1 Å². The molecule has 0 aliphatic rings. The van der Waals surface area contributed by atoms with Crippen molar-refractivity contribution in [1.82, 2.24) is 4.98 Å². The number of nitrogens with two attached hydrogens (primary N) is 1. The van der Waals surface area contributed by atoms with Crippen LogP contribution in [-0.4, -0.2) is 4.98 Å². The third-order valence-electron chi connectivity index (χ3n) is 1.90. The second-order valence-electron chi connectivity index (χ2n) is 2.92. The van der Waals surface area contributed by atoms with Gasteiger partial charge in [-0.05, 0) is 34.5 Å². The summed E-state index contributed by atoms with van der Waals surface area (Å²) in [6.07, 6.45) is 1.69. The topological polar surface area (TPSA) is 50.9 Å². The Hall–Kier alpha value is -1.55. The van der Waals surface area contributed by atoms with Crippen LogP contribution < -0.4 is 11.1 Å². The van der Waals surface area contributed by atoms with E-state index in [1.165, 1.54) is 5.56 Å². The number of nitrogens with zero attached hydrogens (tertiary/aromatic N) is 1. The van der Waals surface area contributed by atoms with E-state index in [-0.39, 0.29) is 0 Å². The van der Waals surface area contributed by atoms with Crippen molar-refractivity contribution in [1.29, 1.82) is 0 Å². The number of aromatic nitrogens is 1. The van der Waals surface area contributed by atoms with Gasteiger partial charge in [-0.3, -0.25) is 0 Å². The minimum atomic E-state index is 0.544. The highest BCUT2D eigenvalue weighted by atomic mass is 32.1. The average Bonchev–Trinajstić information content (AvgIpc) is 2.69. The normalized spacial score (nSPS) is 10.0. The molecule has 0 spiro atoms. The summed E-state index contributed by atoms with van der Waals surface area (Å²) in [6.45, 7) is 0.791. The van der Waals surface area contributed by atoms with E-state index in [0.29, 0.717) is 5.82 Å². The largest absolute Gasteiger partial charge is 0.382 e. The number of hydrogen-bond acceptors (Lipinski definition) is 4. The van der Waals surface area contributed by atoms with Crippen LogP contribution in [0.5, 0.6) is 0 Å². The van der Waals surface area contributed by atoms with E-state index >= 15 is 0 Å². The molecule has 3 N–H and O–H groups in total. The third kappa shape index (κ3) is 2.03. The molecule has 0 amide bonds. The molecular formula is C10H11N3S. The Balaban J connectivity index is 2.02. The van der Waals surface area contributed by atoms with Gasteiger partial charge < -0.3 is 11.1 Å². The molecule has 0 fully saturated rings. The summed E-state index contributed by atoms with van der Waals surface area (Å²) >= 11 is 1.69. The highest BCUT2D eigenvalue weighted by Gasteiger charge is 1.98. The van der Waals surface area contributed by atoms with E-state index in [1.54, 1.807) is 17.5 Å². The molecule has 4 heteroatoms. The Labute approximate surface area is 86.6 Å². The van der Waals surface area contributed by atoms with Crippen molar-refractivity contribution in [2.75, 3.05) is 11.1 Å². The molecule has 0 aromatic carbocycles. The van der Waals surface area contributed by atoms with Crippen LogP contribution in [-0.2, 0) is 6.54 Å². The molecular weight excluding hydrogens is 194 g/mol. The zero-order valence-corrected chi connectivity index (χ0v) is 8.42. The second kappa shape index (κ2) is 4.11. The number of nitrogen functional groups attached to an aromatic ring is 1. The number of hydrogen-bond donors (Lipinski definition) is 2. The first-order valence-corrected chi connectivity index (χ1v) is 5.26. The van der Waals surface area contributed by atoms with E-state index < -0.39 is 0 Å². The van der Waals surface area contributed by atoms with Gasteiger partial charge in [-0.2, -0.15) is 11.3 Å². The van der Waals surface area contributed by atoms with Gasteiger partial charge >= 0.3 is 0 Å². The Morgan fingerprint density at radius 3 is 3.07 bits per heavy atom. The lowest BCUT2D eigenvalue weighted by molar-refractivity contribution is 1.15. The molecule has 3 nitrogen and oxygen atoms in total. The molecule has 0 bridgehead atoms. The molecule has 0 saturated carbocycles. The number of pyridine rings is 1. The van der Waals surface area contributed by atoms with Gasteiger partial charge in [0.15, 0.2) is 0 Å². The van der Waals surface area contributed by atoms with E-state index in [1.807, 2.05) is 12.1 Å². The summed E-state index contributed by atoms with van der Waals surface area (Å²) in [5.41, 5.74) is 7.84. The minimum absolute atomic E-state index is 0.544. The summed E-state index contributed by atoms with van der Waals surface area (Å²) in [6, 6.07) is 5.88. The number of anilines is 2. The maximum Gasteiger partial charge on any atom is 0.146 e. The van der Waals surface area contributed by atoms with Crippen molar-refractivity contribution in [3.63, 3.8) is 0 Å². The summed E-state index contributed by atoms with van der Waals surface area (Å²) in [5.74, 6) is 0.544. The van der Waals surface area contributed by atoms with Gasteiger partial charge in [0.25, 0.3) is 0 Å². The Kier molecular flexibility index (Phi) is 2.65. The van der Waals surface area contributed by atoms with Crippen LogP contribution in [0.1, 0.15) is 5.56 Å². The average molecular weight is 205 g/mol. The van der Waals surface area contributed by atoms with Crippen molar-refractivity contribution in [3.05, 3.63) is 40.7 Å². The third-order valence-corrected chi connectivity index (χ3v) is 2.63. The van der Waals surface area contributed by atoms with Gasteiger partial charge in [0.2, 0.25) is 0 Å². The summed E-state index contributed by atoms with van der Waals surface area (Å²) in [7, 11) is 0. The fraction of sp³-hybridized carbons (Fsp3) is 0.100. The Morgan fingerprint density at radius 1 is 1.43 bits per heavy atom. The van der Waals surface area contributed by atoms with Crippen molar-refractivity contribution < 1.29 is 0 Å². The first-order valence-electron chi connectivity index (χ1n) is 4.32. The monoisotopic (exact) mass is 205 g/mol. The summed E-state index contributed by atoms with van der Waals surface area (Å²) < 4.78 is 0. The fourth-order valence-electron chi connectivity index (χ4n) is 1.16. The molecule has 14 heavy (non-hydrogen) atoms. The van der Waals surface area contributed by atoms with Gasteiger partial charge in [-0.25, -0.2) is 4.98 Å². The Bertz CT molecular complexity index is 398. The SMILES string of the molecule is Nc1ncccc1NCc1ccsc1. The predicted octanol–water partition coefficient (Wildman–Crippen LogP) is 2.34. The van der Waals surface area contributed by atoms with Crippen molar-refractivity contribution >= 4 is 22.8 Å². The summed E-state index contributed by atoms with van der Waals surface area (Å²) in [4.78, 5) is 4.00. The van der Waals surface area contributed by atoms with Gasteiger partial charge in [0, 0.05) is 12.7 Å². The van der Waals surface area contributed by atoms with Crippen LogP contribution in [0.25, 0.3) is 0 Å². The van der Waals surface area contributed by atoms with Crippen LogP contribution in [0.2, 0.25) is 0 Å². The van der Waals surface area contributed by atoms with Gasteiger partial charge in [0.1, 0.15) is 5.82 Å². The molecule has 0 aliphatic heterocycles. The van der Waals surface area contributed by atoms with E-state index in [4.69, 9.17) is 5.73 Å². The number of rotatable bonds is 3. The van der Waals surface area contributed by atoms with Crippen LogP contribution in [0, 0.1) is 0 Å². The fourth-order valence-corrected chi connectivity index (χ4v) is 1.83. The van der Waals surface area contributed by atoms with Gasteiger partial charge in [-0.1, -0.05) is 0 Å². The highest BCUT2D eigenvalue weighted by Crippen LogP contribution is 2.15. The van der Waals surface area contributed by atoms with E-state index in [0.717, 1.165) is 12.2 Å². The second-order valence-corrected chi connectivity index (χ2v) is 3.70. The molecule has 0 unspecified atom stereocenters. The number of thiophene rings is 1. The molecule has 0 saturated heterocycles. The van der Waals surface area contributed by atoms with E-state index in [9.17, 15) is 0 Å². The molecule has 2 rings (SSSR count). The number of nitrogens with one attached hydrogen (secondary N) is 1. The maximum atomic E-state index is 5.69. The molecule has 2 heterocycles. The summed E-state index contributed by atoms with van der Waals surface area (Å²) in [5, 5.41) is 7.40. The van der Waals surface area contributed by atoms with Crippen LogP contribution in [0.15, 0.2) is 35.2 Å². The smallest absolute Gasteiger partial charge is 0.146 e.